The van der Waals surface area contributed by atoms with E-state index in [0.717, 1.165) is 5.56 Å². The van der Waals surface area contributed by atoms with E-state index in [1.54, 1.807) is 0 Å². The summed E-state index contributed by atoms with van der Waals surface area (Å²) in [4.78, 5) is 0. The van der Waals surface area contributed by atoms with Crippen LogP contribution in [-0.4, -0.2) is 20.0 Å². The van der Waals surface area contributed by atoms with Crippen LogP contribution in [0.1, 0.15) is 38.4 Å². The molecule has 1 aliphatic heterocycles. The summed E-state index contributed by atoms with van der Waals surface area (Å²) in [7, 11) is -5.66. The molecule has 2 atom stereocenters. The Kier molecular flexibility index (Phi) is 5.05. The van der Waals surface area contributed by atoms with Crippen molar-refractivity contribution in [2.24, 2.45) is 0 Å². The van der Waals surface area contributed by atoms with Crippen LogP contribution < -0.4 is 0 Å². The Balaban J connectivity index is 2.27. The first-order valence-electron chi connectivity index (χ1n) is 7.06. The lowest BCUT2D eigenvalue weighted by Crippen LogP contribution is -2.25. The van der Waals surface area contributed by atoms with E-state index in [1.807, 2.05) is 37.3 Å². The SMILES string of the molecule is CC[C@@H]1O[C@H](c2ccccc2)C/C1=C(\C)OS(=O)(=O)C(F)(F)F. The number of allylic oxidation sites excluding steroid dienone is 1. The van der Waals surface area contributed by atoms with Gasteiger partial charge in [0.25, 0.3) is 0 Å². The van der Waals surface area contributed by atoms with E-state index in [0.29, 0.717) is 18.4 Å². The maximum Gasteiger partial charge on any atom is 0.534 e. The van der Waals surface area contributed by atoms with Gasteiger partial charge >= 0.3 is 15.6 Å². The fourth-order valence-corrected chi connectivity index (χ4v) is 3.03. The lowest BCUT2D eigenvalue weighted by atomic mass is 10.0. The Morgan fingerprint density at radius 2 is 1.91 bits per heavy atom. The van der Waals surface area contributed by atoms with Crippen LogP contribution in [0.15, 0.2) is 41.7 Å². The van der Waals surface area contributed by atoms with Crippen LogP contribution in [0.5, 0.6) is 0 Å². The highest BCUT2D eigenvalue weighted by Gasteiger charge is 2.49. The summed E-state index contributed by atoms with van der Waals surface area (Å²) in [6.07, 6.45) is -0.000366. The van der Waals surface area contributed by atoms with Crippen molar-refractivity contribution in [3.8, 4) is 0 Å². The third-order valence-electron chi connectivity index (χ3n) is 3.64. The molecule has 1 aliphatic rings. The summed E-state index contributed by atoms with van der Waals surface area (Å²) >= 11 is 0. The predicted octanol–water partition coefficient (Wildman–Crippen LogP) is 4.07. The van der Waals surface area contributed by atoms with Gasteiger partial charge in [-0.05, 0) is 18.9 Å². The molecule has 1 aromatic rings. The van der Waals surface area contributed by atoms with E-state index in [1.165, 1.54) is 6.92 Å². The van der Waals surface area contributed by atoms with Gasteiger partial charge in [0.1, 0.15) is 5.76 Å². The maximum atomic E-state index is 12.4. The van der Waals surface area contributed by atoms with Gasteiger partial charge < -0.3 is 8.92 Å². The van der Waals surface area contributed by atoms with Crippen LogP contribution in [0, 0.1) is 0 Å². The van der Waals surface area contributed by atoms with Gasteiger partial charge in [0.2, 0.25) is 0 Å². The number of rotatable bonds is 4. The van der Waals surface area contributed by atoms with E-state index in [4.69, 9.17) is 4.74 Å². The quantitative estimate of drug-likeness (QED) is 0.467. The fraction of sp³-hybridized carbons (Fsp3) is 0.467. The van der Waals surface area contributed by atoms with E-state index < -0.39 is 21.7 Å². The molecule has 2 rings (SSSR count). The zero-order valence-corrected chi connectivity index (χ0v) is 13.4. The van der Waals surface area contributed by atoms with Gasteiger partial charge in [0.05, 0.1) is 12.2 Å². The molecule has 23 heavy (non-hydrogen) atoms. The van der Waals surface area contributed by atoms with Crippen molar-refractivity contribution in [3.05, 3.63) is 47.2 Å². The van der Waals surface area contributed by atoms with Crippen molar-refractivity contribution in [1.29, 1.82) is 0 Å². The zero-order chi connectivity index (χ0) is 17.3. The summed E-state index contributed by atoms with van der Waals surface area (Å²) in [6, 6.07) is 9.21. The lowest BCUT2D eigenvalue weighted by Gasteiger charge is -2.14. The molecule has 0 unspecified atom stereocenters. The van der Waals surface area contributed by atoms with Crippen LogP contribution in [0.25, 0.3) is 0 Å². The fourth-order valence-electron chi connectivity index (χ4n) is 2.50. The summed E-state index contributed by atoms with van der Waals surface area (Å²) in [5, 5.41) is 0. The minimum Gasteiger partial charge on any atom is -0.381 e. The molecular weight excluding hydrogens is 333 g/mol. The number of hydrogen-bond donors (Lipinski definition) is 0. The molecule has 0 N–H and O–H groups in total. The first kappa shape index (κ1) is 17.8. The number of ether oxygens (including phenoxy) is 1. The standard InChI is InChI=1S/C15H17F3O4S/c1-3-13-12(10(2)22-23(19,20)15(16,17)18)9-14(21-13)11-7-5-4-6-8-11/h4-8,13-14H,3,9H2,1-2H3/b12-10-/t13-,14-/m0/s1. The Morgan fingerprint density at radius 3 is 2.43 bits per heavy atom. The third-order valence-corrected chi connectivity index (χ3v) is 4.67. The monoisotopic (exact) mass is 350 g/mol. The molecule has 128 valence electrons. The molecule has 1 heterocycles. The smallest absolute Gasteiger partial charge is 0.381 e. The first-order valence-corrected chi connectivity index (χ1v) is 8.47. The van der Waals surface area contributed by atoms with E-state index >= 15 is 0 Å². The van der Waals surface area contributed by atoms with Crippen LogP contribution in [0.2, 0.25) is 0 Å². The van der Waals surface area contributed by atoms with Gasteiger partial charge in [-0.3, -0.25) is 0 Å². The summed E-state index contributed by atoms with van der Waals surface area (Å²) in [6.45, 7) is 3.03. The molecule has 0 aliphatic carbocycles. The largest absolute Gasteiger partial charge is 0.534 e. The molecule has 0 spiro atoms. The molecule has 8 heteroatoms. The average Bonchev–Trinajstić information content (AvgIpc) is 2.91. The highest BCUT2D eigenvalue weighted by atomic mass is 32.2. The van der Waals surface area contributed by atoms with Gasteiger partial charge in [0, 0.05) is 12.0 Å². The first-order chi connectivity index (χ1) is 10.7. The zero-order valence-electron chi connectivity index (χ0n) is 12.6. The minimum atomic E-state index is -5.66. The minimum absolute atomic E-state index is 0.271. The highest BCUT2D eigenvalue weighted by Crippen LogP contribution is 2.40. The maximum absolute atomic E-state index is 12.4. The summed E-state index contributed by atoms with van der Waals surface area (Å²) in [5.74, 6) is -0.271. The van der Waals surface area contributed by atoms with E-state index in [9.17, 15) is 21.6 Å². The lowest BCUT2D eigenvalue weighted by molar-refractivity contribution is -0.0522. The molecule has 0 bridgehead atoms. The topological polar surface area (TPSA) is 52.6 Å². The third kappa shape index (κ3) is 3.87. The van der Waals surface area contributed by atoms with Gasteiger partial charge in [-0.25, -0.2) is 0 Å². The summed E-state index contributed by atoms with van der Waals surface area (Å²) < 4.78 is 69.7. The normalized spacial score (nSPS) is 24.6. The molecule has 0 aromatic heterocycles. The number of benzene rings is 1. The van der Waals surface area contributed by atoms with Crippen molar-refractivity contribution in [1.82, 2.24) is 0 Å². The predicted molar refractivity (Wildman–Crippen MR) is 77.7 cm³/mol. The molecule has 0 radical (unpaired) electrons. The average molecular weight is 350 g/mol. The van der Waals surface area contributed by atoms with Gasteiger partial charge in [-0.2, -0.15) is 21.6 Å². The van der Waals surface area contributed by atoms with Crippen LogP contribution >= 0.6 is 0 Å². The van der Waals surface area contributed by atoms with E-state index in [-0.39, 0.29) is 11.9 Å². The second-order valence-electron chi connectivity index (χ2n) is 5.20. The molecule has 4 nitrogen and oxygen atoms in total. The molecule has 1 aromatic carbocycles. The second-order valence-corrected chi connectivity index (χ2v) is 6.74. The van der Waals surface area contributed by atoms with Gasteiger partial charge in [-0.15, -0.1) is 0 Å². The van der Waals surface area contributed by atoms with Crippen molar-refractivity contribution >= 4 is 10.1 Å². The van der Waals surface area contributed by atoms with Crippen molar-refractivity contribution in [3.63, 3.8) is 0 Å². The van der Waals surface area contributed by atoms with E-state index in [2.05, 4.69) is 4.18 Å². The van der Waals surface area contributed by atoms with Crippen LogP contribution in [0.4, 0.5) is 13.2 Å². The Hall–Kier alpha value is -1.54. The van der Waals surface area contributed by atoms with Crippen molar-refractivity contribution < 1.29 is 30.5 Å². The van der Waals surface area contributed by atoms with Gasteiger partial charge in [0.15, 0.2) is 0 Å². The molecule has 1 saturated heterocycles. The van der Waals surface area contributed by atoms with Gasteiger partial charge in [-0.1, -0.05) is 37.3 Å². The highest BCUT2D eigenvalue weighted by molar-refractivity contribution is 7.87. The van der Waals surface area contributed by atoms with Crippen molar-refractivity contribution in [2.75, 3.05) is 0 Å². The Bertz CT molecular complexity index is 680. The Morgan fingerprint density at radius 1 is 1.30 bits per heavy atom. The molecular formula is C15H17F3O4S. The van der Waals surface area contributed by atoms with Crippen LogP contribution in [0.3, 0.4) is 0 Å². The number of hydrogen-bond acceptors (Lipinski definition) is 4. The Labute approximate surface area is 133 Å². The summed E-state index contributed by atoms with van der Waals surface area (Å²) in [5.41, 5.74) is -4.13. The molecule has 1 fully saturated rings. The van der Waals surface area contributed by atoms with Crippen LogP contribution in [-0.2, 0) is 19.0 Å². The number of halogens is 3. The number of alkyl halides is 3. The van der Waals surface area contributed by atoms with Crippen molar-refractivity contribution in [2.45, 2.75) is 44.4 Å². The molecule has 0 amide bonds. The molecule has 0 saturated carbocycles. The second kappa shape index (κ2) is 6.52.